The number of nitrogens with zero attached hydrogens (tertiary/aromatic N) is 5. The van der Waals surface area contributed by atoms with Crippen molar-refractivity contribution in [3.8, 4) is 0 Å². The lowest BCUT2D eigenvalue weighted by Crippen LogP contribution is -2.21. The van der Waals surface area contributed by atoms with Crippen LogP contribution < -0.4 is 5.32 Å². The molecule has 3 aromatic heterocycles. The second-order valence-corrected chi connectivity index (χ2v) is 8.48. The fraction of sp³-hybridized carbons (Fsp3) is 0.211. The fourth-order valence-corrected chi connectivity index (χ4v) is 4.60. The van der Waals surface area contributed by atoms with Crippen LogP contribution in [0.15, 0.2) is 41.6 Å². The summed E-state index contributed by atoms with van der Waals surface area (Å²) in [6, 6.07) is 11.9. The number of carbonyl (C=O) groups is 2. The molecule has 2 amide bonds. The van der Waals surface area contributed by atoms with E-state index in [-0.39, 0.29) is 17.6 Å². The first-order valence-corrected chi connectivity index (χ1v) is 10.6. The minimum Gasteiger partial charge on any atom is -0.344 e. The molecule has 0 fully saturated rings. The molecule has 0 aliphatic heterocycles. The Morgan fingerprint density at radius 3 is 2.76 bits per heavy atom. The summed E-state index contributed by atoms with van der Waals surface area (Å²) in [5.74, 6) is -0.194. The fourth-order valence-electron chi connectivity index (χ4n) is 2.84. The molecule has 0 bridgehead atoms. The minimum absolute atomic E-state index is 0.128. The maximum atomic E-state index is 12.4. The summed E-state index contributed by atoms with van der Waals surface area (Å²) in [5, 5.41) is 13.3. The van der Waals surface area contributed by atoms with Crippen molar-refractivity contribution in [2.24, 2.45) is 0 Å². The molecule has 0 spiro atoms. The molecule has 0 unspecified atom stereocenters. The lowest BCUT2D eigenvalue weighted by atomic mass is 10.2. The Labute approximate surface area is 175 Å². The number of fused-ring (bicyclic) bond motifs is 3. The summed E-state index contributed by atoms with van der Waals surface area (Å²) in [6.45, 7) is 1.76. The van der Waals surface area contributed by atoms with Gasteiger partial charge in [0.2, 0.25) is 5.91 Å². The maximum Gasteiger partial charge on any atom is 0.265 e. The van der Waals surface area contributed by atoms with Gasteiger partial charge in [-0.1, -0.05) is 41.3 Å². The third kappa shape index (κ3) is 3.81. The van der Waals surface area contributed by atoms with Crippen LogP contribution in [0.2, 0.25) is 0 Å². The van der Waals surface area contributed by atoms with E-state index in [1.807, 2.05) is 40.8 Å². The van der Waals surface area contributed by atoms with E-state index >= 15 is 0 Å². The van der Waals surface area contributed by atoms with E-state index in [1.165, 1.54) is 28.0 Å². The first kappa shape index (κ1) is 19.3. The molecule has 0 aliphatic carbocycles. The number of thiazole rings is 1. The Balaban J connectivity index is 1.49. The number of para-hydroxylation sites is 1. The Bertz CT molecular complexity index is 1230. The zero-order chi connectivity index (χ0) is 20.5. The molecule has 0 atom stereocenters. The van der Waals surface area contributed by atoms with Crippen molar-refractivity contribution in [1.29, 1.82) is 0 Å². The number of benzene rings is 1. The van der Waals surface area contributed by atoms with Gasteiger partial charge in [-0.25, -0.2) is 4.98 Å². The molecule has 1 N–H and O–H groups in total. The van der Waals surface area contributed by atoms with Gasteiger partial charge in [-0.15, -0.1) is 10.2 Å². The van der Waals surface area contributed by atoms with Gasteiger partial charge in [-0.05, 0) is 30.5 Å². The second-order valence-electron chi connectivity index (χ2n) is 6.54. The van der Waals surface area contributed by atoms with Gasteiger partial charge in [0.15, 0.2) is 15.9 Å². The minimum atomic E-state index is -0.218. The van der Waals surface area contributed by atoms with Crippen molar-refractivity contribution in [2.45, 2.75) is 12.1 Å². The monoisotopic (exact) mass is 426 g/mol. The van der Waals surface area contributed by atoms with Crippen LogP contribution in [0.3, 0.4) is 0 Å². The van der Waals surface area contributed by atoms with Gasteiger partial charge in [-0.3, -0.25) is 14.0 Å². The highest BCUT2D eigenvalue weighted by atomic mass is 32.2. The molecule has 0 aliphatic rings. The molecular formula is C19H18N6O2S2. The van der Waals surface area contributed by atoms with Crippen LogP contribution in [0.25, 0.3) is 16.6 Å². The van der Waals surface area contributed by atoms with Gasteiger partial charge in [0.1, 0.15) is 4.88 Å². The van der Waals surface area contributed by atoms with Crippen LogP contribution in [0.4, 0.5) is 5.13 Å². The van der Waals surface area contributed by atoms with E-state index in [2.05, 4.69) is 20.5 Å². The van der Waals surface area contributed by atoms with Crippen LogP contribution in [-0.2, 0) is 4.79 Å². The number of rotatable bonds is 5. The average molecular weight is 427 g/mol. The quantitative estimate of drug-likeness (QED) is 0.493. The van der Waals surface area contributed by atoms with Gasteiger partial charge in [-0.2, -0.15) is 0 Å². The number of pyridine rings is 1. The molecular weight excluding hydrogens is 408 g/mol. The summed E-state index contributed by atoms with van der Waals surface area (Å²) >= 11 is 2.48. The van der Waals surface area contributed by atoms with Gasteiger partial charge in [0, 0.05) is 14.1 Å². The molecule has 1 aromatic carbocycles. The van der Waals surface area contributed by atoms with E-state index in [0.717, 1.165) is 16.6 Å². The summed E-state index contributed by atoms with van der Waals surface area (Å²) in [6.07, 6.45) is 0. The summed E-state index contributed by atoms with van der Waals surface area (Å²) in [7, 11) is 3.37. The number of nitrogens with one attached hydrogen (secondary N) is 1. The van der Waals surface area contributed by atoms with Gasteiger partial charge < -0.3 is 10.2 Å². The molecule has 148 valence electrons. The molecule has 3 heterocycles. The zero-order valence-electron chi connectivity index (χ0n) is 16.0. The van der Waals surface area contributed by atoms with Crippen molar-refractivity contribution in [2.75, 3.05) is 25.2 Å². The number of anilines is 1. The van der Waals surface area contributed by atoms with E-state index in [4.69, 9.17) is 0 Å². The molecule has 0 saturated heterocycles. The van der Waals surface area contributed by atoms with Crippen molar-refractivity contribution in [1.82, 2.24) is 24.5 Å². The Kier molecular flexibility index (Phi) is 5.20. The zero-order valence-corrected chi connectivity index (χ0v) is 17.7. The lowest BCUT2D eigenvalue weighted by Gasteiger charge is -2.07. The number of carbonyl (C=O) groups excluding carboxylic acids is 2. The van der Waals surface area contributed by atoms with E-state index in [1.54, 1.807) is 21.0 Å². The number of amides is 2. The first-order valence-electron chi connectivity index (χ1n) is 8.78. The highest BCUT2D eigenvalue weighted by Crippen LogP contribution is 2.25. The Morgan fingerprint density at radius 1 is 1.17 bits per heavy atom. The summed E-state index contributed by atoms with van der Waals surface area (Å²) < 4.78 is 1.94. The van der Waals surface area contributed by atoms with E-state index in [9.17, 15) is 9.59 Å². The molecule has 0 saturated carbocycles. The molecule has 8 nitrogen and oxygen atoms in total. The number of hydrogen-bond donors (Lipinski definition) is 1. The summed E-state index contributed by atoms with van der Waals surface area (Å²) in [5.41, 5.74) is 2.32. The molecule has 10 heteroatoms. The lowest BCUT2D eigenvalue weighted by molar-refractivity contribution is -0.113. The smallest absolute Gasteiger partial charge is 0.265 e. The Hall–Kier alpha value is -2.98. The topological polar surface area (TPSA) is 92.5 Å². The van der Waals surface area contributed by atoms with E-state index < -0.39 is 0 Å². The van der Waals surface area contributed by atoms with Crippen LogP contribution in [0.1, 0.15) is 15.4 Å². The standard InChI is InChI=1S/C19H18N6O2S2/c1-11-16(17(27)24(2)3)29-18(20-11)21-15(26)10-28-19-23-22-14-9-8-12-6-4-5-7-13(12)25(14)19/h4-9H,10H2,1-3H3,(H,20,21,26). The third-order valence-electron chi connectivity index (χ3n) is 4.22. The van der Waals surface area contributed by atoms with Crippen molar-refractivity contribution in [3.05, 3.63) is 47.0 Å². The van der Waals surface area contributed by atoms with Crippen LogP contribution in [0.5, 0.6) is 0 Å². The highest BCUT2D eigenvalue weighted by molar-refractivity contribution is 7.99. The Morgan fingerprint density at radius 2 is 1.97 bits per heavy atom. The van der Waals surface area contributed by atoms with Crippen LogP contribution >= 0.6 is 23.1 Å². The van der Waals surface area contributed by atoms with Crippen molar-refractivity contribution >= 4 is 56.6 Å². The normalized spacial score (nSPS) is 11.1. The predicted octanol–water partition coefficient (Wildman–Crippen LogP) is 3.08. The number of hydrogen-bond acceptors (Lipinski definition) is 7. The number of aromatic nitrogens is 4. The molecule has 4 aromatic rings. The number of thioether (sulfide) groups is 1. The SMILES string of the molecule is Cc1nc(NC(=O)CSc2nnc3ccc4ccccc4n23)sc1C(=O)N(C)C. The average Bonchev–Trinajstić information content (AvgIpc) is 3.29. The molecule has 29 heavy (non-hydrogen) atoms. The summed E-state index contributed by atoms with van der Waals surface area (Å²) in [4.78, 5) is 30.8. The predicted molar refractivity (Wildman–Crippen MR) is 115 cm³/mol. The largest absolute Gasteiger partial charge is 0.344 e. The molecule has 0 radical (unpaired) electrons. The van der Waals surface area contributed by atoms with E-state index in [0.29, 0.717) is 20.9 Å². The van der Waals surface area contributed by atoms with Gasteiger partial charge in [0.05, 0.1) is 17.0 Å². The van der Waals surface area contributed by atoms with Crippen LogP contribution in [-0.4, -0.2) is 56.1 Å². The second kappa shape index (κ2) is 7.80. The highest BCUT2D eigenvalue weighted by Gasteiger charge is 2.18. The van der Waals surface area contributed by atoms with Gasteiger partial charge in [0.25, 0.3) is 5.91 Å². The molecule has 4 rings (SSSR count). The van der Waals surface area contributed by atoms with Gasteiger partial charge >= 0.3 is 0 Å². The first-order chi connectivity index (χ1) is 13.9. The third-order valence-corrected chi connectivity index (χ3v) is 6.21. The van der Waals surface area contributed by atoms with Crippen LogP contribution in [0, 0.1) is 6.92 Å². The van der Waals surface area contributed by atoms with Crippen molar-refractivity contribution in [3.63, 3.8) is 0 Å². The maximum absolute atomic E-state index is 12.4. The number of aryl methyl sites for hydroxylation is 1. The van der Waals surface area contributed by atoms with Crippen molar-refractivity contribution < 1.29 is 9.59 Å².